The maximum atomic E-state index is 12.4. The highest BCUT2D eigenvalue weighted by molar-refractivity contribution is 5.78. The molecule has 3 amide bonds. The Bertz CT molecular complexity index is 958. The summed E-state index contributed by atoms with van der Waals surface area (Å²) in [6.07, 6.45) is 0.215. The molecule has 30 heavy (non-hydrogen) atoms. The first-order chi connectivity index (χ1) is 14.5. The molecular weight excluding hydrogens is 380 g/mol. The molecule has 0 saturated heterocycles. The van der Waals surface area contributed by atoms with Crippen LogP contribution in [-0.4, -0.2) is 45.6 Å². The number of aryl methyl sites for hydroxylation is 1. The highest BCUT2D eigenvalue weighted by atomic mass is 16.2. The molecular formula is C22H26N6O2. The highest BCUT2D eigenvalue weighted by Gasteiger charge is 2.21. The SMILES string of the molecule is Cc1nc(C(NC(=O)NCCC(=O)N(C)Cc2ccccc2)c2ccccc2)n[nH]1. The van der Waals surface area contributed by atoms with Gasteiger partial charge in [0.1, 0.15) is 11.9 Å². The predicted molar refractivity (Wildman–Crippen MR) is 113 cm³/mol. The Morgan fingerprint density at radius 1 is 1.07 bits per heavy atom. The summed E-state index contributed by atoms with van der Waals surface area (Å²) in [6, 6.07) is 18.4. The van der Waals surface area contributed by atoms with Crippen molar-refractivity contribution in [2.45, 2.75) is 25.9 Å². The Morgan fingerprint density at radius 2 is 1.73 bits per heavy atom. The second-order valence-corrected chi connectivity index (χ2v) is 7.01. The van der Waals surface area contributed by atoms with Gasteiger partial charge in [0, 0.05) is 26.6 Å². The fourth-order valence-electron chi connectivity index (χ4n) is 3.03. The smallest absolute Gasteiger partial charge is 0.315 e. The van der Waals surface area contributed by atoms with E-state index in [0.29, 0.717) is 18.2 Å². The third-order valence-electron chi connectivity index (χ3n) is 4.59. The lowest BCUT2D eigenvalue weighted by Crippen LogP contribution is -2.40. The maximum Gasteiger partial charge on any atom is 0.315 e. The van der Waals surface area contributed by atoms with Gasteiger partial charge in [-0.15, -0.1) is 0 Å². The maximum absolute atomic E-state index is 12.4. The number of nitrogens with one attached hydrogen (secondary N) is 3. The number of benzene rings is 2. The molecule has 3 aromatic rings. The van der Waals surface area contributed by atoms with Crippen LogP contribution in [0.2, 0.25) is 0 Å². The Morgan fingerprint density at radius 3 is 2.37 bits per heavy atom. The number of rotatable bonds is 8. The summed E-state index contributed by atoms with van der Waals surface area (Å²) in [5, 5.41) is 12.6. The molecule has 3 N–H and O–H groups in total. The van der Waals surface area contributed by atoms with Crippen molar-refractivity contribution in [1.82, 2.24) is 30.7 Å². The molecule has 1 unspecified atom stereocenters. The summed E-state index contributed by atoms with van der Waals surface area (Å²) < 4.78 is 0. The topological polar surface area (TPSA) is 103 Å². The molecule has 1 aromatic heterocycles. The summed E-state index contributed by atoms with van der Waals surface area (Å²) in [5.41, 5.74) is 1.93. The van der Waals surface area contributed by atoms with Crippen LogP contribution in [0.5, 0.6) is 0 Å². The van der Waals surface area contributed by atoms with Gasteiger partial charge in [0.15, 0.2) is 5.82 Å². The van der Waals surface area contributed by atoms with E-state index in [9.17, 15) is 9.59 Å². The molecule has 2 aromatic carbocycles. The molecule has 8 heteroatoms. The Hall–Kier alpha value is -3.68. The van der Waals surface area contributed by atoms with Crippen molar-refractivity contribution in [1.29, 1.82) is 0 Å². The van der Waals surface area contributed by atoms with Gasteiger partial charge in [0.25, 0.3) is 0 Å². The van der Waals surface area contributed by atoms with Crippen LogP contribution in [0.4, 0.5) is 4.79 Å². The number of carbonyl (C=O) groups excluding carboxylic acids is 2. The zero-order valence-electron chi connectivity index (χ0n) is 17.1. The van der Waals surface area contributed by atoms with Gasteiger partial charge in [0.05, 0.1) is 0 Å². The van der Waals surface area contributed by atoms with Gasteiger partial charge in [0.2, 0.25) is 5.91 Å². The molecule has 0 aliphatic heterocycles. The van der Waals surface area contributed by atoms with Gasteiger partial charge in [-0.1, -0.05) is 60.7 Å². The van der Waals surface area contributed by atoms with Gasteiger partial charge in [-0.2, -0.15) is 5.10 Å². The first-order valence-corrected chi connectivity index (χ1v) is 9.79. The quantitative estimate of drug-likeness (QED) is 0.535. The van der Waals surface area contributed by atoms with Crippen LogP contribution in [0.15, 0.2) is 60.7 Å². The number of aromatic nitrogens is 3. The monoisotopic (exact) mass is 406 g/mol. The zero-order chi connectivity index (χ0) is 21.3. The van der Waals surface area contributed by atoms with Gasteiger partial charge in [-0.3, -0.25) is 9.89 Å². The van der Waals surface area contributed by atoms with Crippen LogP contribution >= 0.6 is 0 Å². The molecule has 1 heterocycles. The molecule has 0 bridgehead atoms. The Balaban J connectivity index is 1.51. The second-order valence-electron chi connectivity index (χ2n) is 7.01. The van der Waals surface area contributed by atoms with Crippen LogP contribution in [0.3, 0.4) is 0 Å². The molecule has 8 nitrogen and oxygen atoms in total. The van der Waals surface area contributed by atoms with Gasteiger partial charge in [-0.25, -0.2) is 9.78 Å². The molecule has 1 atom stereocenters. The summed E-state index contributed by atoms with van der Waals surface area (Å²) in [6.45, 7) is 2.57. The standard InChI is InChI=1S/C22H26N6O2/c1-16-24-21(27-26-16)20(18-11-7-4-8-12-18)25-22(30)23-14-13-19(29)28(2)15-17-9-5-3-6-10-17/h3-12,20H,13-15H2,1-2H3,(H2,23,25,30)(H,24,26,27). The van der Waals surface area contributed by atoms with Gasteiger partial charge >= 0.3 is 6.03 Å². The molecule has 0 spiro atoms. The van der Waals surface area contributed by atoms with E-state index >= 15 is 0 Å². The number of nitrogens with zero attached hydrogens (tertiary/aromatic N) is 3. The molecule has 0 saturated carbocycles. The van der Waals surface area contributed by atoms with Gasteiger partial charge < -0.3 is 15.5 Å². The van der Waals surface area contributed by atoms with Crippen molar-refractivity contribution in [3.63, 3.8) is 0 Å². The highest BCUT2D eigenvalue weighted by Crippen LogP contribution is 2.18. The number of aromatic amines is 1. The van der Waals surface area contributed by atoms with Gasteiger partial charge in [-0.05, 0) is 18.1 Å². The first-order valence-electron chi connectivity index (χ1n) is 9.79. The van der Waals surface area contributed by atoms with Crippen molar-refractivity contribution >= 4 is 11.9 Å². The van der Waals surface area contributed by atoms with E-state index in [1.54, 1.807) is 18.9 Å². The average molecular weight is 406 g/mol. The van der Waals surface area contributed by atoms with Crippen molar-refractivity contribution in [2.75, 3.05) is 13.6 Å². The van der Waals surface area contributed by atoms with Crippen LogP contribution < -0.4 is 10.6 Å². The minimum absolute atomic E-state index is 0.0386. The fourth-order valence-corrected chi connectivity index (χ4v) is 3.03. The van der Waals surface area contributed by atoms with Crippen molar-refractivity contribution in [3.05, 3.63) is 83.4 Å². The third-order valence-corrected chi connectivity index (χ3v) is 4.59. The van der Waals surface area contributed by atoms with E-state index < -0.39 is 6.04 Å². The zero-order valence-corrected chi connectivity index (χ0v) is 17.1. The molecule has 3 rings (SSSR count). The van der Waals surface area contributed by atoms with E-state index in [1.165, 1.54) is 0 Å². The number of carbonyl (C=O) groups is 2. The van der Waals surface area contributed by atoms with E-state index in [0.717, 1.165) is 11.1 Å². The lowest BCUT2D eigenvalue weighted by Gasteiger charge is -2.19. The minimum Gasteiger partial charge on any atom is -0.341 e. The van der Waals surface area contributed by atoms with E-state index in [2.05, 4.69) is 25.8 Å². The molecule has 0 fully saturated rings. The normalized spacial score (nSPS) is 11.5. The van der Waals surface area contributed by atoms with E-state index in [-0.39, 0.29) is 24.9 Å². The van der Waals surface area contributed by atoms with Crippen LogP contribution in [0.1, 0.15) is 35.2 Å². The largest absolute Gasteiger partial charge is 0.341 e. The number of hydrogen-bond acceptors (Lipinski definition) is 4. The van der Waals surface area contributed by atoms with E-state index in [1.807, 2.05) is 60.7 Å². The lowest BCUT2D eigenvalue weighted by atomic mass is 10.1. The van der Waals surface area contributed by atoms with E-state index in [4.69, 9.17) is 0 Å². The Labute approximate surface area is 175 Å². The second kappa shape index (κ2) is 10.2. The lowest BCUT2D eigenvalue weighted by molar-refractivity contribution is -0.130. The van der Waals surface area contributed by atoms with Crippen molar-refractivity contribution in [2.24, 2.45) is 0 Å². The summed E-state index contributed by atoms with van der Waals surface area (Å²) in [5.74, 6) is 1.11. The molecule has 0 aliphatic carbocycles. The number of hydrogen-bond donors (Lipinski definition) is 3. The number of amides is 3. The summed E-state index contributed by atoms with van der Waals surface area (Å²) >= 11 is 0. The fraction of sp³-hybridized carbons (Fsp3) is 0.273. The molecule has 156 valence electrons. The van der Waals surface area contributed by atoms with Crippen LogP contribution in [-0.2, 0) is 11.3 Å². The molecule has 0 aliphatic rings. The summed E-state index contributed by atoms with van der Waals surface area (Å²) in [7, 11) is 1.76. The van der Waals surface area contributed by atoms with Crippen molar-refractivity contribution < 1.29 is 9.59 Å². The third kappa shape index (κ3) is 5.91. The molecule has 0 radical (unpaired) electrons. The minimum atomic E-state index is -0.493. The van der Waals surface area contributed by atoms with Crippen LogP contribution in [0.25, 0.3) is 0 Å². The average Bonchev–Trinajstić information content (AvgIpc) is 3.19. The number of urea groups is 1. The summed E-state index contributed by atoms with van der Waals surface area (Å²) in [4.78, 5) is 30.8. The Kier molecular flexibility index (Phi) is 7.15. The van der Waals surface area contributed by atoms with Crippen LogP contribution in [0, 0.1) is 6.92 Å². The number of H-pyrrole nitrogens is 1. The van der Waals surface area contributed by atoms with Crippen molar-refractivity contribution in [3.8, 4) is 0 Å². The first kappa shape index (κ1) is 21.0. The predicted octanol–water partition coefficient (Wildman–Crippen LogP) is 2.55.